The smallest absolute Gasteiger partial charge is 0.394 e. The third-order valence-corrected chi connectivity index (χ3v) is 10.5. The van der Waals surface area contributed by atoms with E-state index in [1.807, 2.05) is 32.0 Å². The van der Waals surface area contributed by atoms with Crippen LogP contribution in [0.25, 0.3) is 0 Å². The van der Waals surface area contributed by atoms with Crippen LogP contribution in [0.1, 0.15) is 83.5 Å². The summed E-state index contributed by atoms with van der Waals surface area (Å²) < 4.78 is 26.4. The predicted octanol–water partition coefficient (Wildman–Crippen LogP) is 1.78. The minimum absolute atomic E-state index is 0.0453. The molecule has 8 N–H and O–H groups in total. The third kappa shape index (κ3) is 21.8. The van der Waals surface area contributed by atoms with Crippen LogP contribution in [-0.4, -0.2) is 130 Å². The van der Waals surface area contributed by atoms with Gasteiger partial charge in [0.2, 0.25) is 23.6 Å². The SMILES string of the molecule is COCCOCCC(=O)N(CCCCCCc1ccccc1)CC(=O)N[C@@H](CC(C)C)C(=O)C[C@@H](Cc1ncc[nH]1)C(=O)N[C@@H](CO)C(=O)C[C@H](C(N)=O)[C@@H](C)OP(=O)(O)O. The van der Waals surface area contributed by atoms with E-state index in [1.54, 1.807) is 7.11 Å². The number of H-pyrrole nitrogens is 1. The zero-order valence-electron chi connectivity index (χ0n) is 35.7. The van der Waals surface area contributed by atoms with Crippen LogP contribution in [-0.2, 0) is 60.2 Å². The number of primary amides is 1. The molecule has 61 heavy (non-hydrogen) atoms. The van der Waals surface area contributed by atoms with Gasteiger partial charge in [-0.2, -0.15) is 0 Å². The standard InChI is InChI=1S/C41H65N6O13P/c1-28(2)22-33(45-38(51)26-47(39(52)15-19-59-21-20-58-4)18-11-6-5-8-12-30-13-9-7-10-14-30)35(49)23-31(24-37-43-16-17-44-37)41(54)46-34(27-48)36(50)25-32(40(42)53)29(3)60-61(55,56)57/h7,9-10,13-14,16-17,28-29,31-34,48H,5-6,8,11-12,15,18-27H2,1-4H3,(H2,42,53)(H,43,44)(H,45,51)(H,46,54)(H2,55,56,57)/t29-,31+,32+,33+,34+/m1/s1. The molecule has 0 aliphatic rings. The number of carbonyl (C=O) groups excluding carboxylic acids is 6. The number of aryl methyl sites for hydroxylation is 1. The van der Waals surface area contributed by atoms with Crippen LogP contribution in [0.3, 0.4) is 0 Å². The first-order valence-electron chi connectivity index (χ1n) is 20.6. The zero-order valence-corrected chi connectivity index (χ0v) is 36.6. The monoisotopic (exact) mass is 880 g/mol. The lowest BCUT2D eigenvalue weighted by atomic mass is 9.90. The van der Waals surface area contributed by atoms with Crippen molar-refractivity contribution >= 4 is 43.0 Å². The number of amides is 4. The van der Waals surface area contributed by atoms with Crippen LogP contribution in [0.2, 0.25) is 0 Å². The van der Waals surface area contributed by atoms with E-state index in [9.17, 15) is 38.4 Å². The summed E-state index contributed by atoms with van der Waals surface area (Å²) in [7, 11) is -3.52. The molecule has 2 aromatic rings. The number of phosphoric acid groups is 1. The minimum atomic E-state index is -5.06. The van der Waals surface area contributed by atoms with E-state index < -0.39 is 86.6 Å². The molecule has 1 heterocycles. The van der Waals surface area contributed by atoms with Crippen LogP contribution >= 0.6 is 7.82 Å². The number of methoxy groups -OCH3 is 1. The van der Waals surface area contributed by atoms with Crippen LogP contribution in [0.15, 0.2) is 42.7 Å². The molecule has 0 bridgehead atoms. The summed E-state index contributed by atoms with van der Waals surface area (Å²) in [5, 5.41) is 15.3. The van der Waals surface area contributed by atoms with Crippen molar-refractivity contribution in [2.24, 2.45) is 23.5 Å². The lowest BCUT2D eigenvalue weighted by Gasteiger charge is -2.26. The van der Waals surface area contributed by atoms with Crippen LogP contribution < -0.4 is 16.4 Å². The number of hydrogen-bond acceptors (Lipinski definition) is 12. The van der Waals surface area contributed by atoms with Crippen LogP contribution in [0.4, 0.5) is 0 Å². The molecule has 19 nitrogen and oxygen atoms in total. The predicted molar refractivity (Wildman–Crippen MR) is 223 cm³/mol. The van der Waals surface area contributed by atoms with E-state index in [-0.39, 0.29) is 44.2 Å². The van der Waals surface area contributed by atoms with Gasteiger partial charge in [-0.15, -0.1) is 0 Å². The minimum Gasteiger partial charge on any atom is -0.394 e. The van der Waals surface area contributed by atoms with Gasteiger partial charge in [-0.1, -0.05) is 57.0 Å². The number of Topliss-reactive ketones (excluding diaryl/α,β-unsaturated/α-hetero) is 2. The number of unbranched alkanes of at least 4 members (excludes halogenated alkanes) is 3. The maximum atomic E-state index is 14.0. The Kier molecular flexibility index (Phi) is 24.5. The lowest BCUT2D eigenvalue weighted by molar-refractivity contribution is -0.138. The number of aliphatic hydroxyl groups is 1. The summed E-state index contributed by atoms with van der Waals surface area (Å²) in [6.07, 6.45) is 4.84. The molecule has 0 saturated carbocycles. The Bertz CT molecular complexity index is 1690. The van der Waals surface area contributed by atoms with Crippen molar-refractivity contribution in [2.45, 2.75) is 103 Å². The van der Waals surface area contributed by atoms with E-state index in [1.165, 1.54) is 22.9 Å². The number of nitrogens with two attached hydrogens (primary N) is 1. The van der Waals surface area contributed by atoms with Gasteiger partial charge < -0.3 is 50.6 Å². The number of nitrogens with zero attached hydrogens (tertiary/aromatic N) is 2. The highest BCUT2D eigenvalue weighted by atomic mass is 31.2. The normalized spacial score (nSPS) is 14.1. The maximum Gasteiger partial charge on any atom is 0.469 e. The van der Waals surface area contributed by atoms with Crippen LogP contribution in [0.5, 0.6) is 0 Å². The van der Waals surface area contributed by atoms with E-state index >= 15 is 0 Å². The first-order valence-corrected chi connectivity index (χ1v) is 22.1. The number of aromatic amines is 1. The van der Waals surface area contributed by atoms with Crippen molar-refractivity contribution in [3.05, 3.63) is 54.1 Å². The molecule has 0 radical (unpaired) electrons. The average Bonchev–Trinajstić information content (AvgIpc) is 3.71. The average molecular weight is 881 g/mol. The van der Waals surface area contributed by atoms with Gasteiger partial charge in [-0.25, -0.2) is 9.55 Å². The molecule has 0 saturated heterocycles. The highest BCUT2D eigenvalue weighted by Crippen LogP contribution is 2.39. The number of carbonyl (C=O) groups is 6. The Morgan fingerprint density at radius 3 is 2.21 bits per heavy atom. The second-order valence-corrected chi connectivity index (χ2v) is 16.6. The molecule has 342 valence electrons. The Labute approximate surface area is 357 Å². The number of phosphoric ester groups is 1. The topological polar surface area (TPSA) is 290 Å². The fourth-order valence-corrected chi connectivity index (χ4v) is 7.17. The number of benzene rings is 1. The third-order valence-electron chi connectivity index (χ3n) is 9.85. The Hall–Kier alpha value is -4.36. The molecule has 1 aromatic heterocycles. The fourth-order valence-electron chi connectivity index (χ4n) is 6.59. The number of imidazole rings is 1. The Morgan fingerprint density at radius 2 is 1.61 bits per heavy atom. The highest BCUT2D eigenvalue weighted by molar-refractivity contribution is 7.46. The number of aliphatic hydroxyl groups excluding tert-OH is 1. The highest BCUT2D eigenvalue weighted by Gasteiger charge is 2.36. The quantitative estimate of drug-likeness (QED) is 0.0398. The van der Waals surface area contributed by atoms with Gasteiger partial charge in [0.1, 0.15) is 11.9 Å². The number of ether oxygens (including phenoxy) is 2. The van der Waals surface area contributed by atoms with E-state index in [0.717, 1.165) is 32.6 Å². The largest absolute Gasteiger partial charge is 0.469 e. The number of hydrogen-bond donors (Lipinski definition) is 7. The molecule has 0 fully saturated rings. The molecule has 0 unspecified atom stereocenters. The van der Waals surface area contributed by atoms with Gasteiger partial charge in [0.25, 0.3) is 0 Å². The van der Waals surface area contributed by atoms with Gasteiger partial charge in [-0.3, -0.25) is 33.3 Å². The Balaban J connectivity index is 2.18. The summed E-state index contributed by atoms with van der Waals surface area (Å²) in [5.41, 5.74) is 6.63. The number of rotatable bonds is 33. The molecule has 1 aromatic carbocycles. The first-order chi connectivity index (χ1) is 28.9. The van der Waals surface area contributed by atoms with Crippen molar-refractivity contribution in [2.75, 3.05) is 46.6 Å². The molecule has 20 heteroatoms. The lowest BCUT2D eigenvalue weighted by Crippen LogP contribution is -2.50. The molecular formula is C41H65N6O13P. The maximum absolute atomic E-state index is 14.0. The van der Waals surface area contributed by atoms with Gasteiger partial charge in [0.05, 0.1) is 63.4 Å². The second-order valence-electron chi connectivity index (χ2n) is 15.4. The fraction of sp³-hybridized carbons (Fsp3) is 0.634. The van der Waals surface area contributed by atoms with Crippen molar-refractivity contribution in [1.82, 2.24) is 25.5 Å². The summed E-state index contributed by atoms with van der Waals surface area (Å²) in [5.74, 6) is -6.57. The summed E-state index contributed by atoms with van der Waals surface area (Å²) in [6.45, 7) is 4.79. The van der Waals surface area contributed by atoms with Gasteiger partial charge >= 0.3 is 7.82 Å². The van der Waals surface area contributed by atoms with E-state index in [0.29, 0.717) is 32.0 Å². The van der Waals surface area contributed by atoms with Crippen molar-refractivity contribution in [1.29, 1.82) is 0 Å². The van der Waals surface area contributed by atoms with Gasteiger partial charge in [0, 0.05) is 45.3 Å². The molecule has 0 aliphatic carbocycles. The van der Waals surface area contributed by atoms with E-state index in [4.69, 9.17) is 25.0 Å². The van der Waals surface area contributed by atoms with Crippen LogP contribution in [0, 0.1) is 17.8 Å². The van der Waals surface area contributed by atoms with E-state index in [2.05, 4.69) is 37.3 Å². The summed E-state index contributed by atoms with van der Waals surface area (Å²) in [6, 6.07) is 7.52. The molecule has 4 amide bonds. The van der Waals surface area contributed by atoms with Crippen molar-refractivity contribution < 1.29 is 62.2 Å². The molecule has 0 spiro atoms. The molecule has 5 atom stereocenters. The second kappa shape index (κ2) is 28.3. The number of nitrogens with one attached hydrogen (secondary N) is 3. The summed E-state index contributed by atoms with van der Waals surface area (Å²) >= 11 is 0. The molecule has 0 aliphatic heterocycles. The zero-order chi connectivity index (χ0) is 45.4. The molecular weight excluding hydrogens is 815 g/mol. The first kappa shape index (κ1) is 52.8. The Morgan fingerprint density at radius 1 is 0.918 bits per heavy atom. The van der Waals surface area contributed by atoms with Gasteiger partial charge in [-0.05, 0) is 44.1 Å². The van der Waals surface area contributed by atoms with Gasteiger partial charge in [0.15, 0.2) is 11.6 Å². The number of ketones is 2. The summed E-state index contributed by atoms with van der Waals surface area (Å²) in [4.78, 5) is 107. The molecule has 2 rings (SSSR count). The van der Waals surface area contributed by atoms with Crippen molar-refractivity contribution in [3.8, 4) is 0 Å². The van der Waals surface area contributed by atoms with Crippen molar-refractivity contribution in [3.63, 3.8) is 0 Å². The number of aromatic nitrogens is 2.